The fourth-order valence-electron chi connectivity index (χ4n) is 0.931. The lowest BCUT2D eigenvalue weighted by Crippen LogP contribution is -2.06. The van der Waals surface area contributed by atoms with E-state index < -0.39 is 0 Å². The summed E-state index contributed by atoms with van der Waals surface area (Å²) in [4.78, 5) is 0. The highest BCUT2D eigenvalue weighted by Crippen LogP contribution is 2.00. The minimum absolute atomic E-state index is 0.601. The lowest BCUT2D eigenvalue weighted by molar-refractivity contribution is 0.169. The van der Waals surface area contributed by atoms with Crippen molar-refractivity contribution in [2.75, 3.05) is 6.54 Å². The van der Waals surface area contributed by atoms with E-state index in [0.717, 1.165) is 6.42 Å². The topological polar surface area (TPSA) is 32.3 Å². The van der Waals surface area contributed by atoms with Gasteiger partial charge in [-0.1, -0.05) is 42.5 Å². The summed E-state index contributed by atoms with van der Waals surface area (Å²) >= 11 is 0. The molecule has 0 amide bonds. The van der Waals surface area contributed by atoms with Crippen molar-refractivity contribution in [3.8, 4) is 0 Å². The summed E-state index contributed by atoms with van der Waals surface area (Å²) in [5.41, 5.74) is 3.29. The Hall–Kier alpha value is -1.12. The summed E-state index contributed by atoms with van der Waals surface area (Å²) in [7, 11) is 0. The van der Waals surface area contributed by atoms with Gasteiger partial charge in [0.2, 0.25) is 0 Å². The van der Waals surface area contributed by atoms with Crippen LogP contribution in [0.25, 0.3) is 6.08 Å². The number of rotatable bonds is 4. The lowest BCUT2D eigenvalue weighted by atomic mass is 10.2. The molecule has 2 N–H and O–H groups in total. The molecule has 1 rings (SSSR count). The van der Waals surface area contributed by atoms with Crippen molar-refractivity contribution in [1.29, 1.82) is 0 Å². The van der Waals surface area contributed by atoms with Crippen LogP contribution in [0.5, 0.6) is 0 Å². The van der Waals surface area contributed by atoms with Crippen LogP contribution in [0.2, 0.25) is 0 Å². The van der Waals surface area contributed by atoms with E-state index >= 15 is 0 Å². The van der Waals surface area contributed by atoms with E-state index in [1.54, 1.807) is 0 Å². The largest absolute Gasteiger partial charge is 0.317 e. The highest BCUT2D eigenvalue weighted by atomic mass is 16.5. The van der Waals surface area contributed by atoms with Gasteiger partial charge in [-0.05, 0) is 12.0 Å². The Bertz CT molecular complexity index is 231. The second-order valence-electron chi connectivity index (χ2n) is 2.51. The van der Waals surface area contributed by atoms with E-state index in [1.165, 1.54) is 5.56 Å². The molecule has 0 bridgehead atoms. The molecule has 2 nitrogen and oxygen atoms in total. The number of benzene rings is 1. The summed E-state index contributed by atoms with van der Waals surface area (Å²) in [6.45, 7) is 0.601. The van der Waals surface area contributed by atoms with Gasteiger partial charge in [0.1, 0.15) is 0 Å². The van der Waals surface area contributed by atoms with E-state index in [-0.39, 0.29) is 0 Å². The molecule has 0 saturated carbocycles. The highest BCUT2D eigenvalue weighted by molar-refractivity contribution is 5.48. The molecule has 0 aromatic heterocycles. The predicted octanol–water partition coefficient (Wildman–Crippen LogP) is 2.07. The zero-order chi connectivity index (χ0) is 8.65. The molecule has 1 aromatic rings. The van der Waals surface area contributed by atoms with Crippen LogP contribution in [-0.2, 0) is 0 Å². The quantitative estimate of drug-likeness (QED) is 0.526. The monoisotopic (exact) mass is 163 g/mol. The van der Waals surface area contributed by atoms with E-state index in [4.69, 9.17) is 5.21 Å². The van der Waals surface area contributed by atoms with Crippen molar-refractivity contribution in [3.05, 3.63) is 42.0 Å². The summed E-state index contributed by atoms with van der Waals surface area (Å²) < 4.78 is 0. The molecule has 0 heterocycles. The Balaban J connectivity index is 2.36. The number of hydrogen-bond acceptors (Lipinski definition) is 2. The van der Waals surface area contributed by atoms with Crippen LogP contribution in [-0.4, -0.2) is 11.8 Å². The molecule has 0 spiro atoms. The van der Waals surface area contributed by atoms with Crippen LogP contribution < -0.4 is 5.48 Å². The van der Waals surface area contributed by atoms with Gasteiger partial charge in [-0.15, -0.1) is 0 Å². The van der Waals surface area contributed by atoms with Crippen LogP contribution in [0.1, 0.15) is 12.0 Å². The Kier molecular flexibility index (Phi) is 4.13. The van der Waals surface area contributed by atoms with E-state index in [9.17, 15) is 0 Å². The first-order valence-electron chi connectivity index (χ1n) is 4.02. The second-order valence-corrected chi connectivity index (χ2v) is 2.51. The van der Waals surface area contributed by atoms with Crippen molar-refractivity contribution in [3.63, 3.8) is 0 Å². The Morgan fingerprint density at radius 3 is 2.67 bits per heavy atom. The Morgan fingerprint density at radius 2 is 2.00 bits per heavy atom. The molecular formula is C10H13NO. The van der Waals surface area contributed by atoms with Gasteiger partial charge in [0.25, 0.3) is 0 Å². The third-order valence-corrected chi connectivity index (χ3v) is 1.53. The molecule has 0 atom stereocenters. The Labute approximate surface area is 72.5 Å². The highest BCUT2D eigenvalue weighted by Gasteiger charge is 1.81. The van der Waals surface area contributed by atoms with Gasteiger partial charge in [-0.3, -0.25) is 0 Å². The van der Waals surface area contributed by atoms with E-state index in [1.807, 2.05) is 42.5 Å². The summed E-state index contributed by atoms with van der Waals surface area (Å²) in [5.74, 6) is 0. The summed E-state index contributed by atoms with van der Waals surface area (Å²) in [6, 6.07) is 10.1. The molecular weight excluding hydrogens is 150 g/mol. The van der Waals surface area contributed by atoms with Gasteiger partial charge in [-0.2, -0.15) is 0 Å². The van der Waals surface area contributed by atoms with Crippen molar-refractivity contribution < 1.29 is 5.21 Å². The molecule has 64 valence electrons. The zero-order valence-corrected chi connectivity index (χ0v) is 6.90. The standard InChI is InChI=1S/C10H13NO/c12-11-9-5-4-8-10-6-2-1-3-7-10/h1-4,6-8,11-12H,5,9H2/b8-4+. The molecule has 0 saturated heterocycles. The Morgan fingerprint density at radius 1 is 1.25 bits per heavy atom. The maximum Gasteiger partial charge on any atom is 0.0242 e. The van der Waals surface area contributed by atoms with Gasteiger partial charge < -0.3 is 5.21 Å². The number of hydroxylamine groups is 1. The smallest absolute Gasteiger partial charge is 0.0242 e. The molecule has 0 aliphatic carbocycles. The normalized spacial score (nSPS) is 10.8. The van der Waals surface area contributed by atoms with Gasteiger partial charge >= 0.3 is 0 Å². The zero-order valence-electron chi connectivity index (χ0n) is 6.90. The maximum absolute atomic E-state index is 8.28. The molecule has 0 radical (unpaired) electrons. The lowest BCUT2D eigenvalue weighted by Gasteiger charge is -1.92. The van der Waals surface area contributed by atoms with Crippen molar-refractivity contribution >= 4 is 6.08 Å². The molecule has 0 unspecified atom stereocenters. The fraction of sp³-hybridized carbons (Fsp3) is 0.200. The van der Waals surface area contributed by atoms with E-state index in [2.05, 4.69) is 5.48 Å². The minimum atomic E-state index is 0.601. The first kappa shape index (κ1) is 8.97. The minimum Gasteiger partial charge on any atom is -0.317 e. The van der Waals surface area contributed by atoms with Crippen LogP contribution in [0, 0.1) is 0 Å². The van der Waals surface area contributed by atoms with Crippen LogP contribution in [0.15, 0.2) is 36.4 Å². The third-order valence-electron chi connectivity index (χ3n) is 1.53. The van der Waals surface area contributed by atoms with Crippen molar-refractivity contribution in [2.24, 2.45) is 0 Å². The number of hydrogen-bond donors (Lipinski definition) is 2. The third kappa shape index (κ3) is 3.32. The molecule has 1 aromatic carbocycles. The van der Waals surface area contributed by atoms with Crippen molar-refractivity contribution in [2.45, 2.75) is 6.42 Å². The first-order valence-corrected chi connectivity index (χ1v) is 4.02. The first-order chi connectivity index (χ1) is 5.93. The van der Waals surface area contributed by atoms with Gasteiger partial charge in [-0.25, -0.2) is 5.48 Å². The van der Waals surface area contributed by atoms with Gasteiger partial charge in [0.15, 0.2) is 0 Å². The van der Waals surface area contributed by atoms with Gasteiger partial charge in [0.05, 0.1) is 0 Å². The SMILES string of the molecule is ONCC/C=C/c1ccccc1. The van der Waals surface area contributed by atoms with E-state index in [0.29, 0.717) is 6.54 Å². The molecule has 12 heavy (non-hydrogen) atoms. The van der Waals surface area contributed by atoms with Crippen LogP contribution in [0.4, 0.5) is 0 Å². The molecule has 0 aliphatic rings. The molecule has 2 heteroatoms. The van der Waals surface area contributed by atoms with Crippen LogP contribution >= 0.6 is 0 Å². The van der Waals surface area contributed by atoms with Crippen molar-refractivity contribution in [1.82, 2.24) is 5.48 Å². The number of nitrogens with one attached hydrogen (secondary N) is 1. The summed E-state index contributed by atoms with van der Waals surface area (Å²) in [6.07, 6.45) is 4.90. The second kappa shape index (κ2) is 5.52. The molecule has 0 aliphatic heterocycles. The predicted molar refractivity (Wildman–Crippen MR) is 49.9 cm³/mol. The maximum atomic E-state index is 8.28. The molecule has 0 fully saturated rings. The fourth-order valence-corrected chi connectivity index (χ4v) is 0.931. The van der Waals surface area contributed by atoms with Crippen LogP contribution in [0.3, 0.4) is 0 Å². The average Bonchev–Trinajstić information content (AvgIpc) is 2.14. The summed E-state index contributed by atoms with van der Waals surface area (Å²) in [5, 5.41) is 8.28. The van der Waals surface area contributed by atoms with Gasteiger partial charge in [0, 0.05) is 6.54 Å². The average molecular weight is 163 g/mol.